The van der Waals surface area contributed by atoms with Gasteiger partial charge >= 0.3 is 0 Å². The minimum absolute atomic E-state index is 0.125. The van der Waals surface area contributed by atoms with Crippen LogP contribution in [0.4, 0.5) is 0 Å². The van der Waals surface area contributed by atoms with Gasteiger partial charge in [0.2, 0.25) is 5.91 Å². The third kappa shape index (κ3) is 23.6. The number of ether oxygens (including phenoxy) is 6. The van der Waals surface area contributed by atoms with Crippen molar-refractivity contribution in [3.05, 3.63) is 0 Å². The lowest BCUT2D eigenvalue weighted by Crippen LogP contribution is -2.39. The highest BCUT2D eigenvalue weighted by atomic mass is 16.6. The van der Waals surface area contributed by atoms with Crippen molar-refractivity contribution in [1.82, 2.24) is 4.90 Å². The predicted molar refractivity (Wildman–Crippen MR) is 145 cm³/mol. The van der Waals surface area contributed by atoms with Crippen molar-refractivity contribution in [2.45, 2.75) is 78.6 Å². The molecule has 0 radical (unpaired) electrons. The van der Waals surface area contributed by atoms with Crippen LogP contribution in [0.1, 0.15) is 78.6 Å². The van der Waals surface area contributed by atoms with Gasteiger partial charge in [-0.1, -0.05) is 65.7 Å². The van der Waals surface area contributed by atoms with E-state index in [0.29, 0.717) is 72.6 Å². The fraction of sp³-hybridized carbons (Fsp3) is 0.964. The lowest BCUT2D eigenvalue weighted by Gasteiger charge is -2.26. The minimum Gasteiger partial charge on any atom is -0.382 e. The molecule has 1 amide bonds. The zero-order valence-corrected chi connectivity index (χ0v) is 23.9. The van der Waals surface area contributed by atoms with Crippen LogP contribution < -0.4 is 0 Å². The zero-order chi connectivity index (χ0) is 26.5. The molecule has 0 rings (SSSR count). The summed E-state index contributed by atoms with van der Waals surface area (Å²) in [5.74, 6) is 0.0441. The maximum atomic E-state index is 13.0. The normalized spacial score (nSPS) is 12.2. The third-order valence-electron chi connectivity index (χ3n) is 5.83. The third-order valence-corrected chi connectivity index (χ3v) is 5.83. The molecule has 8 heteroatoms. The molecule has 0 saturated heterocycles. The molecule has 0 aromatic rings. The van der Waals surface area contributed by atoms with Crippen molar-refractivity contribution >= 4 is 5.91 Å². The molecular weight excluding hydrogens is 462 g/mol. The van der Waals surface area contributed by atoms with Gasteiger partial charge in [0, 0.05) is 26.8 Å². The van der Waals surface area contributed by atoms with E-state index in [1.54, 1.807) is 7.11 Å². The fourth-order valence-electron chi connectivity index (χ4n) is 3.59. The van der Waals surface area contributed by atoms with Gasteiger partial charge in [0.05, 0.1) is 72.0 Å². The number of nitrogens with zero attached hydrogens (tertiary/aromatic N) is 1. The van der Waals surface area contributed by atoms with Crippen LogP contribution in [0.3, 0.4) is 0 Å². The molecule has 216 valence electrons. The molecule has 0 aromatic heterocycles. The van der Waals surface area contributed by atoms with Crippen LogP contribution >= 0.6 is 0 Å². The van der Waals surface area contributed by atoms with E-state index in [2.05, 4.69) is 13.8 Å². The minimum atomic E-state index is -0.125. The zero-order valence-electron chi connectivity index (χ0n) is 23.9. The van der Waals surface area contributed by atoms with Crippen molar-refractivity contribution in [2.24, 2.45) is 5.92 Å². The number of rotatable bonds is 29. The molecule has 0 spiro atoms. The quantitative estimate of drug-likeness (QED) is 0.132. The number of hydrogen-bond acceptors (Lipinski definition) is 7. The first-order valence-corrected chi connectivity index (χ1v) is 14.3. The topological polar surface area (TPSA) is 75.7 Å². The van der Waals surface area contributed by atoms with E-state index < -0.39 is 0 Å². The second-order valence-electron chi connectivity index (χ2n) is 9.22. The summed E-state index contributed by atoms with van der Waals surface area (Å²) in [5.41, 5.74) is 0. The summed E-state index contributed by atoms with van der Waals surface area (Å²) in [6.45, 7) is 13.9. The van der Waals surface area contributed by atoms with Crippen LogP contribution in [-0.4, -0.2) is 104 Å². The second kappa shape index (κ2) is 28.8. The highest BCUT2D eigenvalue weighted by Crippen LogP contribution is 2.09. The molecular formula is C28H57NO7. The van der Waals surface area contributed by atoms with Gasteiger partial charge in [-0.15, -0.1) is 0 Å². The average molecular weight is 520 g/mol. The molecule has 0 saturated carbocycles. The highest BCUT2D eigenvalue weighted by Gasteiger charge is 2.20. The van der Waals surface area contributed by atoms with Crippen LogP contribution in [0.5, 0.6) is 0 Å². The first kappa shape index (κ1) is 35.2. The number of unbranched alkanes of at least 4 members (excludes halogenated alkanes) is 7. The summed E-state index contributed by atoms with van der Waals surface area (Å²) in [7, 11) is 1.65. The Morgan fingerprint density at radius 1 is 0.583 bits per heavy atom. The average Bonchev–Trinajstić information content (AvgIpc) is 2.88. The SMILES string of the molecule is CCCCCCCCN(CCOCCOCCOCCOCCOC)C(=O)C(C)COCCCCC. The number of methoxy groups -OCH3 is 1. The van der Waals surface area contributed by atoms with Gasteiger partial charge in [0.1, 0.15) is 0 Å². The van der Waals surface area contributed by atoms with Crippen molar-refractivity contribution in [3.8, 4) is 0 Å². The maximum absolute atomic E-state index is 13.0. The molecule has 0 bridgehead atoms. The lowest BCUT2D eigenvalue weighted by atomic mass is 10.1. The van der Waals surface area contributed by atoms with Gasteiger partial charge in [-0.3, -0.25) is 4.79 Å². The number of carbonyl (C=O) groups is 1. The Kier molecular flexibility index (Phi) is 28.2. The van der Waals surface area contributed by atoms with E-state index >= 15 is 0 Å². The monoisotopic (exact) mass is 519 g/mol. The second-order valence-corrected chi connectivity index (χ2v) is 9.22. The van der Waals surface area contributed by atoms with Crippen LogP contribution in [0.2, 0.25) is 0 Å². The number of carbonyl (C=O) groups excluding carboxylic acids is 1. The smallest absolute Gasteiger partial charge is 0.227 e. The first-order chi connectivity index (χ1) is 17.7. The Balaban J connectivity index is 4.03. The summed E-state index contributed by atoms with van der Waals surface area (Å²) >= 11 is 0. The summed E-state index contributed by atoms with van der Waals surface area (Å²) in [5, 5.41) is 0. The molecule has 0 aromatic carbocycles. The van der Waals surface area contributed by atoms with E-state index in [4.69, 9.17) is 28.4 Å². The Labute approximate surface area is 221 Å². The van der Waals surface area contributed by atoms with Crippen molar-refractivity contribution < 1.29 is 33.2 Å². The molecule has 0 aliphatic carbocycles. The Hall–Kier alpha value is -0.770. The van der Waals surface area contributed by atoms with E-state index in [-0.39, 0.29) is 11.8 Å². The molecule has 0 aliphatic rings. The first-order valence-electron chi connectivity index (χ1n) is 14.3. The maximum Gasteiger partial charge on any atom is 0.227 e. The van der Waals surface area contributed by atoms with Crippen LogP contribution in [0, 0.1) is 5.92 Å². The summed E-state index contributed by atoms with van der Waals surface area (Å²) in [6, 6.07) is 0. The molecule has 1 unspecified atom stereocenters. The van der Waals surface area contributed by atoms with Gasteiger partial charge in [-0.25, -0.2) is 0 Å². The van der Waals surface area contributed by atoms with Crippen LogP contribution in [0.15, 0.2) is 0 Å². The number of hydrogen-bond donors (Lipinski definition) is 0. The van der Waals surface area contributed by atoms with Crippen LogP contribution in [0.25, 0.3) is 0 Å². The highest BCUT2D eigenvalue weighted by molar-refractivity contribution is 5.78. The van der Waals surface area contributed by atoms with Gasteiger partial charge in [-0.2, -0.15) is 0 Å². The molecule has 36 heavy (non-hydrogen) atoms. The van der Waals surface area contributed by atoms with E-state index in [9.17, 15) is 4.79 Å². The van der Waals surface area contributed by atoms with E-state index in [0.717, 1.165) is 26.0 Å². The van der Waals surface area contributed by atoms with Crippen molar-refractivity contribution in [3.63, 3.8) is 0 Å². The van der Waals surface area contributed by atoms with E-state index in [1.165, 1.54) is 44.9 Å². The largest absolute Gasteiger partial charge is 0.382 e. The summed E-state index contributed by atoms with van der Waals surface area (Å²) in [4.78, 5) is 15.0. The molecule has 0 fully saturated rings. The van der Waals surface area contributed by atoms with Gasteiger partial charge in [-0.05, 0) is 12.8 Å². The van der Waals surface area contributed by atoms with Crippen LogP contribution in [-0.2, 0) is 33.2 Å². The molecule has 0 aliphatic heterocycles. The van der Waals surface area contributed by atoms with E-state index in [1.807, 2.05) is 11.8 Å². The Morgan fingerprint density at radius 2 is 1.08 bits per heavy atom. The van der Waals surface area contributed by atoms with Gasteiger partial charge in [0.25, 0.3) is 0 Å². The standard InChI is InChI=1S/C28H57NO7/c1-5-7-9-10-11-12-14-29(28(30)27(3)26-36-16-13-8-6-2)15-17-32-20-21-34-24-25-35-23-22-33-19-18-31-4/h27H,5-26H2,1-4H3. The molecule has 0 heterocycles. The molecule has 1 atom stereocenters. The van der Waals surface area contributed by atoms with Crippen molar-refractivity contribution in [1.29, 1.82) is 0 Å². The predicted octanol–water partition coefficient (Wildman–Crippen LogP) is 4.73. The Morgan fingerprint density at radius 3 is 1.67 bits per heavy atom. The fourth-order valence-corrected chi connectivity index (χ4v) is 3.59. The Bertz CT molecular complexity index is 454. The number of amides is 1. The van der Waals surface area contributed by atoms with Gasteiger partial charge in [0.15, 0.2) is 0 Å². The molecule has 0 N–H and O–H groups in total. The summed E-state index contributed by atoms with van der Waals surface area (Å²) < 4.78 is 32.7. The summed E-state index contributed by atoms with van der Waals surface area (Å²) in [6.07, 6.45) is 10.7. The lowest BCUT2D eigenvalue weighted by molar-refractivity contribution is -0.138. The molecule has 8 nitrogen and oxygen atoms in total. The van der Waals surface area contributed by atoms with Crippen molar-refractivity contribution in [2.75, 3.05) is 92.9 Å². The van der Waals surface area contributed by atoms with Gasteiger partial charge < -0.3 is 33.3 Å².